The van der Waals surface area contributed by atoms with E-state index in [0.717, 1.165) is 12.8 Å². The summed E-state index contributed by atoms with van der Waals surface area (Å²) in [6.07, 6.45) is 1.82. The summed E-state index contributed by atoms with van der Waals surface area (Å²) in [5, 5.41) is 2.74. The van der Waals surface area contributed by atoms with Gasteiger partial charge >= 0.3 is 0 Å². The molecule has 0 bridgehead atoms. The fraction of sp³-hybridized carbons (Fsp3) is 0.636. The second kappa shape index (κ2) is 5.05. The topological polar surface area (TPSA) is 37.8 Å². The number of anilines is 1. The lowest BCUT2D eigenvalue weighted by Crippen LogP contribution is -2.07. The minimum Gasteiger partial charge on any atom is -0.371 e. The van der Waals surface area contributed by atoms with Gasteiger partial charge in [0.05, 0.1) is 5.69 Å². The Bertz CT molecular complexity index is 337. The van der Waals surface area contributed by atoms with Gasteiger partial charge in [0.1, 0.15) is 5.82 Å². The highest BCUT2D eigenvalue weighted by molar-refractivity contribution is 5.37. The van der Waals surface area contributed by atoms with Gasteiger partial charge in [0.25, 0.3) is 0 Å². The predicted molar refractivity (Wildman–Crippen MR) is 59.4 cm³/mol. The van der Waals surface area contributed by atoms with Crippen LogP contribution in [0.2, 0.25) is 0 Å². The molecule has 0 saturated heterocycles. The molecule has 1 heterocycles. The van der Waals surface area contributed by atoms with Crippen molar-refractivity contribution in [2.24, 2.45) is 5.92 Å². The molecule has 1 rings (SSSR count). The number of aromatic nitrogens is 2. The van der Waals surface area contributed by atoms with E-state index in [1.54, 1.807) is 14.0 Å². The number of hydrogen-bond donors (Lipinski definition) is 1. The lowest BCUT2D eigenvalue weighted by molar-refractivity contribution is 0.563. The van der Waals surface area contributed by atoms with E-state index in [0.29, 0.717) is 23.3 Å². The van der Waals surface area contributed by atoms with Crippen molar-refractivity contribution in [2.75, 3.05) is 12.4 Å². The third-order valence-corrected chi connectivity index (χ3v) is 2.25. The van der Waals surface area contributed by atoms with Gasteiger partial charge in [0.2, 0.25) is 0 Å². The van der Waals surface area contributed by atoms with E-state index < -0.39 is 0 Å². The first kappa shape index (κ1) is 11.9. The van der Waals surface area contributed by atoms with Crippen LogP contribution in [0.5, 0.6) is 0 Å². The Morgan fingerprint density at radius 2 is 2.00 bits per heavy atom. The first-order valence-corrected chi connectivity index (χ1v) is 5.25. The van der Waals surface area contributed by atoms with Crippen molar-refractivity contribution < 1.29 is 4.39 Å². The van der Waals surface area contributed by atoms with Crippen molar-refractivity contribution in [3.05, 3.63) is 17.3 Å². The molecule has 0 fully saturated rings. The molecule has 0 saturated carbocycles. The molecule has 0 atom stereocenters. The lowest BCUT2D eigenvalue weighted by Gasteiger charge is -2.08. The minimum atomic E-state index is -0.356. The van der Waals surface area contributed by atoms with Crippen LogP contribution in [0.15, 0.2) is 0 Å². The summed E-state index contributed by atoms with van der Waals surface area (Å²) in [5.41, 5.74) is 0.410. The van der Waals surface area contributed by atoms with Crippen molar-refractivity contribution in [3.63, 3.8) is 0 Å². The Morgan fingerprint density at radius 3 is 2.53 bits per heavy atom. The minimum absolute atomic E-state index is 0.293. The van der Waals surface area contributed by atoms with Crippen molar-refractivity contribution in [3.8, 4) is 0 Å². The molecule has 0 aliphatic rings. The number of nitrogens with zero attached hydrogens (tertiary/aromatic N) is 2. The summed E-state index contributed by atoms with van der Waals surface area (Å²) >= 11 is 0. The quantitative estimate of drug-likeness (QED) is 0.831. The molecular formula is C11H18FN3. The molecule has 0 aliphatic heterocycles. The van der Waals surface area contributed by atoms with Crippen LogP contribution in [0, 0.1) is 18.7 Å². The van der Waals surface area contributed by atoms with Crippen LogP contribution in [-0.2, 0) is 6.42 Å². The van der Waals surface area contributed by atoms with Gasteiger partial charge in [-0.3, -0.25) is 0 Å². The molecular weight excluding hydrogens is 193 g/mol. The molecule has 15 heavy (non-hydrogen) atoms. The fourth-order valence-electron chi connectivity index (χ4n) is 1.31. The van der Waals surface area contributed by atoms with Crippen molar-refractivity contribution >= 4 is 5.82 Å². The lowest BCUT2D eigenvalue weighted by atomic mass is 10.1. The zero-order valence-electron chi connectivity index (χ0n) is 9.76. The summed E-state index contributed by atoms with van der Waals surface area (Å²) in [5.74, 6) is 1.26. The van der Waals surface area contributed by atoms with Crippen molar-refractivity contribution in [1.29, 1.82) is 0 Å². The molecule has 84 valence electrons. The SMILES string of the molecule is CNc1nc(CCC(C)C)nc(C)c1F. The smallest absolute Gasteiger partial charge is 0.186 e. The molecule has 1 aromatic heterocycles. The average molecular weight is 211 g/mol. The Hall–Kier alpha value is -1.19. The molecule has 3 nitrogen and oxygen atoms in total. The van der Waals surface area contributed by atoms with Crippen molar-refractivity contribution in [1.82, 2.24) is 9.97 Å². The molecule has 0 spiro atoms. The normalized spacial score (nSPS) is 10.8. The van der Waals surface area contributed by atoms with Crippen LogP contribution in [0.4, 0.5) is 10.2 Å². The number of aryl methyl sites for hydroxylation is 2. The Morgan fingerprint density at radius 1 is 1.33 bits per heavy atom. The van der Waals surface area contributed by atoms with E-state index in [2.05, 4.69) is 29.1 Å². The Kier molecular flexibility index (Phi) is 4.00. The van der Waals surface area contributed by atoms with Gasteiger partial charge in [-0.25, -0.2) is 14.4 Å². The first-order valence-electron chi connectivity index (χ1n) is 5.25. The van der Waals surface area contributed by atoms with Crippen LogP contribution in [-0.4, -0.2) is 17.0 Å². The summed E-state index contributed by atoms with van der Waals surface area (Å²) < 4.78 is 13.4. The second-order valence-electron chi connectivity index (χ2n) is 4.07. The highest BCUT2D eigenvalue weighted by Gasteiger charge is 2.10. The molecule has 0 aliphatic carbocycles. The summed E-state index contributed by atoms with van der Waals surface area (Å²) in [4.78, 5) is 8.25. The number of halogens is 1. The number of nitrogens with one attached hydrogen (secondary N) is 1. The second-order valence-corrected chi connectivity index (χ2v) is 4.07. The van der Waals surface area contributed by atoms with Gasteiger partial charge in [-0.05, 0) is 19.3 Å². The number of rotatable bonds is 4. The van der Waals surface area contributed by atoms with E-state index in [9.17, 15) is 4.39 Å². The fourth-order valence-corrected chi connectivity index (χ4v) is 1.31. The monoisotopic (exact) mass is 211 g/mol. The maximum atomic E-state index is 13.4. The van der Waals surface area contributed by atoms with Gasteiger partial charge in [-0.2, -0.15) is 0 Å². The van der Waals surface area contributed by atoms with Crippen LogP contribution in [0.3, 0.4) is 0 Å². The van der Waals surface area contributed by atoms with E-state index in [1.807, 2.05) is 0 Å². The average Bonchev–Trinajstić information content (AvgIpc) is 2.19. The highest BCUT2D eigenvalue weighted by Crippen LogP contribution is 2.14. The summed E-state index contributed by atoms with van der Waals surface area (Å²) in [6, 6.07) is 0. The van der Waals surface area contributed by atoms with Crippen LogP contribution in [0.1, 0.15) is 31.8 Å². The van der Waals surface area contributed by atoms with Gasteiger partial charge < -0.3 is 5.32 Å². The van der Waals surface area contributed by atoms with E-state index in [-0.39, 0.29) is 5.82 Å². The largest absolute Gasteiger partial charge is 0.371 e. The van der Waals surface area contributed by atoms with Gasteiger partial charge in [0.15, 0.2) is 11.6 Å². The standard InChI is InChI=1S/C11H18FN3/c1-7(2)5-6-9-14-8(3)10(12)11(13-4)15-9/h7H,5-6H2,1-4H3,(H,13,14,15). The third-order valence-electron chi connectivity index (χ3n) is 2.25. The molecule has 1 N–H and O–H groups in total. The highest BCUT2D eigenvalue weighted by atomic mass is 19.1. The first-order chi connectivity index (χ1) is 7.04. The Balaban J connectivity index is 2.86. The third kappa shape index (κ3) is 3.15. The molecule has 1 aromatic rings. The number of hydrogen-bond acceptors (Lipinski definition) is 3. The van der Waals surface area contributed by atoms with Gasteiger partial charge in [0, 0.05) is 13.5 Å². The molecule has 0 radical (unpaired) electrons. The van der Waals surface area contributed by atoms with Crippen molar-refractivity contribution in [2.45, 2.75) is 33.6 Å². The van der Waals surface area contributed by atoms with Crippen LogP contribution >= 0.6 is 0 Å². The van der Waals surface area contributed by atoms with E-state index in [1.165, 1.54) is 0 Å². The van der Waals surface area contributed by atoms with E-state index >= 15 is 0 Å². The molecule has 4 heteroatoms. The zero-order chi connectivity index (χ0) is 11.4. The maximum Gasteiger partial charge on any atom is 0.186 e. The van der Waals surface area contributed by atoms with Crippen LogP contribution in [0.25, 0.3) is 0 Å². The van der Waals surface area contributed by atoms with Gasteiger partial charge in [-0.1, -0.05) is 13.8 Å². The maximum absolute atomic E-state index is 13.4. The molecule has 0 aromatic carbocycles. The Labute approximate surface area is 90.1 Å². The zero-order valence-corrected chi connectivity index (χ0v) is 9.76. The van der Waals surface area contributed by atoms with Gasteiger partial charge in [-0.15, -0.1) is 0 Å². The molecule has 0 amide bonds. The van der Waals surface area contributed by atoms with Crippen LogP contribution < -0.4 is 5.32 Å². The summed E-state index contributed by atoms with van der Waals surface area (Å²) in [6.45, 7) is 5.96. The summed E-state index contributed by atoms with van der Waals surface area (Å²) in [7, 11) is 1.66. The predicted octanol–water partition coefficient (Wildman–Crippen LogP) is 2.55. The van der Waals surface area contributed by atoms with E-state index in [4.69, 9.17) is 0 Å². The molecule has 0 unspecified atom stereocenters.